The Morgan fingerprint density at radius 3 is 2.05 bits per heavy atom. The second-order valence-electron chi connectivity index (χ2n) is 4.86. The third-order valence-corrected chi connectivity index (χ3v) is 3.66. The van der Waals surface area contributed by atoms with E-state index in [1.54, 1.807) is 0 Å². The van der Waals surface area contributed by atoms with Gasteiger partial charge in [-0.15, -0.1) is 0 Å². The normalized spacial score (nSPS) is 18.4. The van der Waals surface area contributed by atoms with Crippen LogP contribution in [0.25, 0.3) is 0 Å². The number of ether oxygens (including phenoxy) is 2. The Labute approximate surface area is 128 Å². The zero-order valence-electron chi connectivity index (χ0n) is 12.1. The largest absolute Gasteiger partial charge is 0.515 e. The number of cyclic esters (lactones) is 2. The summed E-state index contributed by atoms with van der Waals surface area (Å²) >= 11 is 0. The number of nitrogens with zero attached hydrogens (tertiary/aromatic N) is 1. The van der Waals surface area contributed by atoms with E-state index in [-0.39, 0.29) is 12.5 Å². The van der Waals surface area contributed by atoms with Crippen LogP contribution in [0.4, 0.5) is 4.79 Å². The number of benzene rings is 2. The molecule has 0 radical (unpaired) electrons. The van der Waals surface area contributed by atoms with E-state index in [0.29, 0.717) is 0 Å². The van der Waals surface area contributed by atoms with Crippen LogP contribution in [0.3, 0.4) is 0 Å². The van der Waals surface area contributed by atoms with Crippen LogP contribution in [0, 0.1) is 0 Å². The third kappa shape index (κ3) is 2.30. The van der Waals surface area contributed by atoms with Crippen molar-refractivity contribution in [1.29, 1.82) is 0 Å². The second-order valence-corrected chi connectivity index (χ2v) is 4.86. The van der Waals surface area contributed by atoms with Gasteiger partial charge >= 0.3 is 6.16 Å². The first-order chi connectivity index (χ1) is 10.8. The van der Waals surface area contributed by atoms with Gasteiger partial charge < -0.3 is 14.3 Å². The molecule has 2 aromatic carbocycles. The van der Waals surface area contributed by atoms with E-state index < -0.39 is 11.6 Å². The standard InChI is InChI=1S/C17H15NO4/c1-20-18-15-17(12-21-16(19)22-15,13-8-4-2-5-9-13)14-10-6-3-7-11-14/h2-11H,12H2,1H3/b18-15-. The summed E-state index contributed by atoms with van der Waals surface area (Å²) in [6.45, 7) is 0.0993. The number of rotatable bonds is 3. The molecular formula is C17H15NO4. The summed E-state index contributed by atoms with van der Waals surface area (Å²) in [6.07, 6.45) is -0.779. The summed E-state index contributed by atoms with van der Waals surface area (Å²) in [7, 11) is 1.41. The van der Waals surface area contributed by atoms with Crippen LogP contribution in [0.1, 0.15) is 11.1 Å². The maximum Gasteiger partial charge on any atom is 0.515 e. The molecule has 0 aromatic heterocycles. The molecule has 0 atom stereocenters. The monoisotopic (exact) mass is 297 g/mol. The minimum absolute atomic E-state index is 0.0993. The molecule has 0 spiro atoms. The van der Waals surface area contributed by atoms with Crippen molar-refractivity contribution in [3.8, 4) is 0 Å². The first-order valence-electron chi connectivity index (χ1n) is 6.84. The van der Waals surface area contributed by atoms with Crippen molar-refractivity contribution in [1.82, 2.24) is 0 Å². The first-order valence-corrected chi connectivity index (χ1v) is 6.84. The summed E-state index contributed by atoms with van der Waals surface area (Å²) in [5, 5.41) is 3.93. The van der Waals surface area contributed by atoms with Crippen molar-refractivity contribution in [3.63, 3.8) is 0 Å². The molecule has 2 aromatic rings. The van der Waals surface area contributed by atoms with Gasteiger partial charge in [0.2, 0.25) is 0 Å². The SMILES string of the molecule is CO/N=C1\OC(=O)OCC1(c1ccccc1)c1ccccc1. The van der Waals surface area contributed by atoms with Gasteiger partial charge in [0.25, 0.3) is 5.90 Å². The number of carbonyl (C=O) groups is 1. The molecule has 5 nitrogen and oxygen atoms in total. The molecule has 1 saturated heterocycles. The molecule has 0 saturated carbocycles. The molecule has 1 aliphatic rings. The number of carbonyl (C=O) groups excluding carboxylic acids is 1. The van der Waals surface area contributed by atoms with Gasteiger partial charge in [-0.2, -0.15) is 0 Å². The highest BCUT2D eigenvalue weighted by molar-refractivity contribution is 5.99. The van der Waals surface area contributed by atoms with Crippen molar-refractivity contribution in [2.45, 2.75) is 5.41 Å². The Hall–Kier alpha value is -2.82. The Balaban J connectivity index is 2.23. The van der Waals surface area contributed by atoms with Crippen LogP contribution < -0.4 is 0 Å². The zero-order chi connectivity index (χ0) is 15.4. The van der Waals surface area contributed by atoms with Crippen LogP contribution in [0.5, 0.6) is 0 Å². The van der Waals surface area contributed by atoms with Crippen molar-refractivity contribution in [2.75, 3.05) is 13.7 Å². The van der Waals surface area contributed by atoms with E-state index in [4.69, 9.17) is 14.3 Å². The number of hydrogen-bond acceptors (Lipinski definition) is 5. The Morgan fingerprint density at radius 1 is 1.00 bits per heavy atom. The highest BCUT2D eigenvalue weighted by Gasteiger charge is 2.48. The van der Waals surface area contributed by atoms with Gasteiger partial charge in [0, 0.05) is 0 Å². The smallest absolute Gasteiger partial charge is 0.432 e. The van der Waals surface area contributed by atoms with Crippen LogP contribution in [0.15, 0.2) is 65.8 Å². The molecule has 0 aliphatic carbocycles. The lowest BCUT2D eigenvalue weighted by Crippen LogP contribution is -2.48. The lowest BCUT2D eigenvalue weighted by Gasteiger charge is -2.36. The van der Waals surface area contributed by atoms with Crippen LogP contribution in [-0.4, -0.2) is 25.8 Å². The summed E-state index contributed by atoms with van der Waals surface area (Å²) < 4.78 is 10.4. The fourth-order valence-electron chi connectivity index (χ4n) is 2.63. The minimum Gasteiger partial charge on any atom is -0.432 e. The Bertz CT molecular complexity index is 643. The molecule has 0 N–H and O–H groups in total. The molecule has 112 valence electrons. The van der Waals surface area contributed by atoms with Gasteiger partial charge in [0.05, 0.1) is 0 Å². The molecule has 0 unspecified atom stereocenters. The molecule has 22 heavy (non-hydrogen) atoms. The molecule has 0 bridgehead atoms. The van der Waals surface area contributed by atoms with E-state index in [1.807, 2.05) is 60.7 Å². The van der Waals surface area contributed by atoms with Crippen molar-refractivity contribution in [3.05, 3.63) is 71.8 Å². The Morgan fingerprint density at radius 2 is 1.55 bits per heavy atom. The molecule has 1 fully saturated rings. The molecule has 3 rings (SSSR count). The average Bonchev–Trinajstić information content (AvgIpc) is 2.57. The maximum atomic E-state index is 11.5. The third-order valence-electron chi connectivity index (χ3n) is 3.66. The van der Waals surface area contributed by atoms with E-state index in [9.17, 15) is 4.79 Å². The predicted octanol–water partition coefficient (Wildman–Crippen LogP) is 3.10. The average molecular weight is 297 g/mol. The van der Waals surface area contributed by atoms with Gasteiger partial charge in [-0.05, 0) is 11.1 Å². The van der Waals surface area contributed by atoms with Gasteiger partial charge in [-0.1, -0.05) is 65.8 Å². The lowest BCUT2D eigenvalue weighted by atomic mass is 9.74. The van der Waals surface area contributed by atoms with Crippen molar-refractivity contribution >= 4 is 12.1 Å². The van der Waals surface area contributed by atoms with Crippen LogP contribution in [-0.2, 0) is 19.7 Å². The van der Waals surface area contributed by atoms with Crippen LogP contribution in [0.2, 0.25) is 0 Å². The summed E-state index contributed by atoms with van der Waals surface area (Å²) in [5.41, 5.74) is 0.987. The van der Waals surface area contributed by atoms with E-state index in [0.717, 1.165) is 11.1 Å². The van der Waals surface area contributed by atoms with Gasteiger partial charge in [-0.25, -0.2) is 4.79 Å². The van der Waals surface area contributed by atoms with E-state index in [1.165, 1.54) is 7.11 Å². The number of hydrogen-bond donors (Lipinski definition) is 0. The first kappa shape index (κ1) is 14.1. The highest BCUT2D eigenvalue weighted by atomic mass is 16.7. The molecule has 5 heteroatoms. The fourth-order valence-corrected chi connectivity index (χ4v) is 2.63. The summed E-state index contributed by atoms with van der Waals surface area (Å²) in [5.74, 6) is 0.170. The van der Waals surface area contributed by atoms with Gasteiger partial charge in [0.1, 0.15) is 19.1 Å². The second kappa shape index (κ2) is 5.89. The molecule has 0 amide bonds. The summed E-state index contributed by atoms with van der Waals surface area (Å²) in [6, 6.07) is 19.3. The topological polar surface area (TPSA) is 57.1 Å². The molecule has 1 aliphatic heterocycles. The molecule has 1 heterocycles. The van der Waals surface area contributed by atoms with E-state index >= 15 is 0 Å². The zero-order valence-corrected chi connectivity index (χ0v) is 12.1. The van der Waals surface area contributed by atoms with Crippen LogP contribution >= 0.6 is 0 Å². The summed E-state index contributed by atoms with van der Waals surface area (Å²) in [4.78, 5) is 16.4. The fraction of sp³-hybridized carbons (Fsp3) is 0.176. The Kier molecular flexibility index (Phi) is 3.78. The lowest BCUT2D eigenvalue weighted by molar-refractivity contribution is 0.0537. The van der Waals surface area contributed by atoms with Gasteiger partial charge in [-0.3, -0.25) is 0 Å². The predicted molar refractivity (Wildman–Crippen MR) is 80.5 cm³/mol. The highest BCUT2D eigenvalue weighted by Crippen LogP contribution is 2.37. The maximum absolute atomic E-state index is 11.5. The number of oxime groups is 1. The van der Waals surface area contributed by atoms with Crippen molar-refractivity contribution in [2.24, 2.45) is 5.16 Å². The molecular weight excluding hydrogens is 282 g/mol. The minimum atomic E-state index is -0.827. The quantitative estimate of drug-likeness (QED) is 0.645. The van der Waals surface area contributed by atoms with E-state index in [2.05, 4.69) is 5.16 Å². The van der Waals surface area contributed by atoms with Gasteiger partial charge in [0.15, 0.2) is 0 Å². The van der Waals surface area contributed by atoms with Crippen molar-refractivity contribution < 1.29 is 19.1 Å².